The van der Waals surface area contributed by atoms with Gasteiger partial charge in [0.1, 0.15) is 6.04 Å². The molecule has 11 heavy (non-hydrogen) atoms. The number of terminal acetylenes is 1. The topological polar surface area (TPSA) is 38.3 Å². The molecular formula is C8H11NO2. The van der Waals surface area contributed by atoms with Crippen LogP contribution >= 0.6 is 0 Å². The van der Waals surface area contributed by atoms with E-state index >= 15 is 0 Å². The van der Waals surface area contributed by atoms with Crippen LogP contribution in [0.3, 0.4) is 0 Å². The lowest BCUT2D eigenvalue weighted by molar-refractivity contribution is -0.142. The molecule has 1 aliphatic heterocycles. The highest BCUT2D eigenvalue weighted by atomic mass is 16.5. The van der Waals surface area contributed by atoms with Gasteiger partial charge in [-0.15, -0.1) is 6.42 Å². The van der Waals surface area contributed by atoms with E-state index in [4.69, 9.17) is 6.42 Å². The van der Waals surface area contributed by atoms with E-state index in [-0.39, 0.29) is 18.1 Å². The molecule has 0 amide bonds. The SMILES string of the molecule is C#CC1CC[C@@H](C(=O)OC)N1. The third kappa shape index (κ3) is 1.72. The Hall–Kier alpha value is -1.01. The lowest BCUT2D eigenvalue weighted by Crippen LogP contribution is -2.35. The van der Waals surface area contributed by atoms with Gasteiger partial charge in [0.2, 0.25) is 0 Å². The fourth-order valence-corrected chi connectivity index (χ4v) is 1.20. The van der Waals surface area contributed by atoms with Gasteiger partial charge in [-0.1, -0.05) is 5.92 Å². The molecule has 1 rings (SSSR count). The van der Waals surface area contributed by atoms with Gasteiger partial charge in [0.25, 0.3) is 0 Å². The Labute approximate surface area is 66.1 Å². The molecule has 1 heterocycles. The minimum atomic E-state index is -0.220. The van der Waals surface area contributed by atoms with Gasteiger partial charge in [0.05, 0.1) is 13.2 Å². The molecule has 2 atom stereocenters. The van der Waals surface area contributed by atoms with E-state index in [9.17, 15) is 4.79 Å². The van der Waals surface area contributed by atoms with E-state index < -0.39 is 0 Å². The zero-order valence-corrected chi connectivity index (χ0v) is 6.46. The number of esters is 1. The predicted octanol–water partition coefficient (Wildman–Crippen LogP) is -0.0868. The van der Waals surface area contributed by atoms with Crippen molar-refractivity contribution in [1.82, 2.24) is 5.32 Å². The summed E-state index contributed by atoms with van der Waals surface area (Å²) in [4.78, 5) is 10.9. The Morgan fingerprint density at radius 3 is 2.91 bits per heavy atom. The Kier molecular flexibility index (Phi) is 2.50. The van der Waals surface area contributed by atoms with Gasteiger partial charge in [0.15, 0.2) is 0 Å². The molecule has 0 aromatic heterocycles. The first kappa shape index (κ1) is 8.09. The van der Waals surface area contributed by atoms with Gasteiger partial charge in [0, 0.05) is 0 Å². The van der Waals surface area contributed by atoms with Crippen molar-refractivity contribution in [3.63, 3.8) is 0 Å². The fraction of sp³-hybridized carbons (Fsp3) is 0.625. The summed E-state index contributed by atoms with van der Waals surface area (Å²) in [7, 11) is 1.38. The van der Waals surface area contributed by atoms with E-state index in [0.29, 0.717) is 0 Å². The highest BCUT2D eigenvalue weighted by Gasteiger charge is 2.28. The average Bonchev–Trinajstić information content (AvgIpc) is 2.50. The standard InChI is InChI=1S/C8H11NO2/c1-3-6-4-5-7(9-6)8(10)11-2/h1,6-7,9H,4-5H2,2H3/t6?,7-/m0/s1. The van der Waals surface area contributed by atoms with Crippen molar-refractivity contribution in [2.24, 2.45) is 0 Å². The molecule has 1 fully saturated rings. The zero-order valence-electron chi connectivity index (χ0n) is 6.46. The largest absolute Gasteiger partial charge is 0.468 e. The van der Waals surface area contributed by atoms with Gasteiger partial charge < -0.3 is 4.74 Å². The Bertz CT molecular complexity index is 195. The van der Waals surface area contributed by atoms with Crippen LogP contribution in [0.25, 0.3) is 0 Å². The van der Waals surface area contributed by atoms with E-state index in [1.54, 1.807) is 0 Å². The molecule has 3 heteroatoms. The minimum absolute atomic E-state index is 0.0408. The first-order valence-electron chi connectivity index (χ1n) is 3.58. The molecule has 1 N–H and O–H groups in total. The predicted molar refractivity (Wildman–Crippen MR) is 40.8 cm³/mol. The summed E-state index contributed by atoms with van der Waals surface area (Å²) >= 11 is 0. The summed E-state index contributed by atoms with van der Waals surface area (Å²) in [6.07, 6.45) is 6.81. The molecule has 1 aliphatic rings. The van der Waals surface area contributed by atoms with Crippen LogP contribution in [0.4, 0.5) is 0 Å². The van der Waals surface area contributed by atoms with E-state index in [2.05, 4.69) is 16.0 Å². The first-order valence-corrected chi connectivity index (χ1v) is 3.58. The van der Waals surface area contributed by atoms with E-state index in [1.807, 2.05) is 0 Å². The quantitative estimate of drug-likeness (QED) is 0.423. The second-order valence-corrected chi connectivity index (χ2v) is 2.54. The number of ether oxygens (including phenoxy) is 1. The lowest BCUT2D eigenvalue weighted by Gasteiger charge is -2.07. The smallest absolute Gasteiger partial charge is 0.322 e. The van der Waals surface area contributed by atoms with Crippen LogP contribution < -0.4 is 5.32 Å². The van der Waals surface area contributed by atoms with Crippen molar-refractivity contribution in [1.29, 1.82) is 0 Å². The first-order chi connectivity index (χ1) is 5.27. The number of rotatable bonds is 1. The van der Waals surface area contributed by atoms with Gasteiger partial charge >= 0.3 is 5.97 Å². The van der Waals surface area contributed by atoms with Crippen LogP contribution in [0.2, 0.25) is 0 Å². The molecule has 0 aliphatic carbocycles. The summed E-state index contributed by atoms with van der Waals surface area (Å²) in [6, 6.07) is -0.153. The molecule has 0 bridgehead atoms. The average molecular weight is 153 g/mol. The van der Waals surface area contributed by atoms with Crippen molar-refractivity contribution >= 4 is 5.97 Å². The van der Waals surface area contributed by atoms with Crippen molar-refractivity contribution in [2.45, 2.75) is 24.9 Å². The number of hydrogen-bond donors (Lipinski definition) is 1. The van der Waals surface area contributed by atoms with Crippen molar-refractivity contribution in [3.8, 4) is 12.3 Å². The van der Waals surface area contributed by atoms with Crippen LogP contribution in [-0.2, 0) is 9.53 Å². The van der Waals surface area contributed by atoms with Gasteiger partial charge in [-0.3, -0.25) is 10.1 Å². The molecule has 0 spiro atoms. The third-order valence-electron chi connectivity index (χ3n) is 1.83. The molecule has 60 valence electrons. The minimum Gasteiger partial charge on any atom is -0.468 e. The fourth-order valence-electron chi connectivity index (χ4n) is 1.20. The summed E-state index contributed by atoms with van der Waals surface area (Å²) in [5, 5.41) is 2.98. The van der Waals surface area contributed by atoms with Crippen molar-refractivity contribution in [2.75, 3.05) is 7.11 Å². The van der Waals surface area contributed by atoms with Crippen molar-refractivity contribution in [3.05, 3.63) is 0 Å². The Balaban J connectivity index is 2.43. The molecule has 1 unspecified atom stereocenters. The maximum Gasteiger partial charge on any atom is 0.322 e. The Morgan fingerprint density at radius 2 is 2.45 bits per heavy atom. The van der Waals surface area contributed by atoms with Crippen LogP contribution in [0.1, 0.15) is 12.8 Å². The number of carbonyl (C=O) groups excluding carboxylic acids is 1. The summed E-state index contributed by atoms with van der Waals surface area (Å²) in [5.41, 5.74) is 0. The third-order valence-corrected chi connectivity index (χ3v) is 1.83. The summed E-state index contributed by atoms with van der Waals surface area (Å²) in [6.45, 7) is 0. The maximum atomic E-state index is 10.9. The van der Waals surface area contributed by atoms with Gasteiger partial charge in [-0.25, -0.2) is 0 Å². The molecule has 0 saturated carbocycles. The number of methoxy groups -OCH3 is 1. The second-order valence-electron chi connectivity index (χ2n) is 2.54. The highest BCUT2D eigenvalue weighted by molar-refractivity contribution is 5.76. The van der Waals surface area contributed by atoms with E-state index in [0.717, 1.165) is 12.8 Å². The van der Waals surface area contributed by atoms with Gasteiger partial charge in [-0.2, -0.15) is 0 Å². The van der Waals surface area contributed by atoms with Crippen LogP contribution in [0.15, 0.2) is 0 Å². The molecule has 3 nitrogen and oxygen atoms in total. The van der Waals surface area contributed by atoms with Crippen molar-refractivity contribution < 1.29 is 9.53 Å². The summed E-state index contributed by atoms with van der Waals surface area (Å²) in [5.74, 6) is 2.33. The number of nitrogens with one attached hydrogen (secondary N) is 1. The molecular weight excluding hydrogens is 142 g/mol. The van der Waals surface area contributed by atoms with E-state index in [1.165, 1.54) is 7.11 Å². The van der Waals surface area contributed by atoms with Crippen LogP contribution in [-0.4, -0.2) is 25.2 Å². The zero-order chi connectivity index (χ0) is 8.27. The molecule has 1 saturated heterocycles. The van der Waals surface area contributed by atoms with Gasteiger partial charge in [-0.05, 0) is 12.8 Å². The molecule has 0 aromatic rings. The highest BCUT2D eigenvalue weighted by Crippen LogP contribution is 2.12. The second kappa shape index (κ2) is 3.40. The molecule has 0 aromatic carbocycles. The van der Waals surface area contributed by atoms with Crippen LogP contribution in [0, 0.1) is 12.3 Å². The molecule has 0 radical (unpaired) electrons. The lowest BCUT2D eigenvalue weighted by atomic mass is 10.2. The maximum absolute atomic E-state index is 10.9. The summed E-state index contributed by atoms with van der Waals surface area (Å²) < 4.78 is 4.56. The Morgan fingerprint density at radius 1 is 1.73 bits per heavy atom. The number of hydrogen-bond acceptors (Lipinski definition) is 3. The monoisotopic (exact) mass is 153 g/mol. The number of carbonyl (C=O) groups is 1. The normalized spacial score (nSPS) is 29.5. The van der Waals surface area contributed by atoms with Crippen LogP contribution in [0.5, 0.6) is 0 Å².